The summed E-state index contributed by atoms with van der Waals surface area (Å²) in [5, 5.41) is 3.33. The quantitative estimate of drug-likeness (QED) is 0.758. The third kappa shape index (κ3) is 5.30. The highest BCUT2D eigenvalue weighted by atomic mass is 32.2. The number of hydrogen-bond donors (Lipinski definition) is 1. The van der Waals surface area contributed by atoms with Crippen molar-refractivity contribution in [3.63, 3.8) is 0 Å². The first-order chi connectivity index (χ1) is 9.91. The lowest BCUT2D eigenvalue weighted by atomic mass is 10.3. The van der Waals surface area contributed by atoms with Gasteiger partial charge in [-0.1, -0.05) is 13.8 Å². The van der Waals surface area contributed by atoms with Crippen LogP contribution in [0.5, 0.6) is 0 Å². The summed E-state index contributed by atoms with van der Waals surface area (Å²) in [4.78, 5) is 2.71. The maximum atomic E-state index is 12.0. The van der Waals surface area contributed by atoms with E-state index < -0.39 is 10.0 Å². The molecule has 0 fully saturated rings. The van der Waals surface area contributed by atoms with Gasteiger partial charge >= 0.3 is 0 Å². The highest BCUT2D eigenvalue weighted by Crippen LogP contribution is 2.16. The van der Waals surface area contributed by atoms with E-state index in [0.717, 1.165) is 38.3 Å². The highest BCUT2D eigenvalue weighted by Gasteiger charge is 2.16. The van der Waals surface area contributed by atoms with E-state index in [1.807, 2.05) is 12.1 Å². The van der Waals surface area contributed by atoms with Gasteiger partial charge < -0.3 is 10.2 Å². The van der Waals surface area contributed by atoms with Gasteiger partial charge in [-0.05, 0) is 43.8 Å². The molecule has 0 heterocycles. The van der Waals surface area contributed by atoms with Crippen LogP contribution in [-0.4, -0.2) is 57.9 Å². The van der Waals surface area contributed by atoms with Gasteiger partial charge in [-0.15, -0.1) is 0 Å². The van der Waals surface area contributed by atoms with Crippen LogP contribution in [0.3, 0.4) is 0 Å². The van der Waals surface area contributed by atoms with Gasteiger partial charge in [0.05, 0.1) is 4.90 Å². The Morgan fingerprint density at radius 2 is 1.67 bits per heavy atom. The number of sulfonamides is 1. The lowest BCUT2D eigenvalue weighted by molar-refractivity contribution is 0.300. The molecular weight excluding hydrogens is 286 g/mol. The largest absolute Gasteiger partial charge is 0.384 e. The zero-order valence-corrected chi connectivity index (χ0v) is 14.3. The van der Waals surface area contributed by atoms with Crippen LogP contribution in [0.2, 0.25) is 0 Å². The van der Waals surface area contributed by atoms with Crippen LogP contribution in [0.4, 0.5) is 5.69 Å². The molecule has 6 heteroatoms. The van der Waals surface area contributed by atoms with E-state index in [1.54, 1.807) is 12.1 Å². The Kier molecular flexibility index (Phi) is 7.14. The van der Waals surface area contributed by atoms with Crippen molar-refractivity contribution in [3.05, 3.63) is 24.3 Å². The molecule has 0 saturated carbocycles. The number of hydrogen-bond acceptors (Lipinski definition) is 4. The van der Waals surface area contributed by atoms with Gasteiger partial charge in [-0.3, -0.25) is 0 Å². The minimum Gasteiger partial charge on any atom is -0.384 e. The minimum atomic E-state index is -3.34. The van der Waals surface area contributed by atoms with Gasteiger partial charge in [0.15, 0.2) is 0 Å². The molecule has 1 aromatic rings. The third-order valence-electron chi connectivity index (χ3n) is 3.38. The van der Waals surface area contributed by atoms with Crippen molar-refractivity contribution in [2.75, 3.05) is 45.6 Å². The molecule has 0 radical (unpaired) electrons. The monoisotopic (exact) mass is 313 g/mol. The summed E-state index contributed by atoms with van der Waals surface area (Å²) in [5.74, 6) is 0. The summed E-state index contributed by atoms with van der Waals surface area (Å²) >= 11 is 0. The lowest BCUT2D eigenvalue weighted by Crippen LogP contribution is -2.29. The van der Waals surface area contributed by atoms with Crippen molar-refractivity contribution in [2.45, 2.75) is 25.2 Å². The molecule has 21 heavy (non-hydrogen) atoms. The summed E-state index contributed by atoms with van der Waals surface area (Å²) in [6.07, 6.45) is 1.16. The van der Waals surface area contributed by atoms with Gasteiger partial charge in [-0.25, -0.2) is 12.7 Å². The predicted octanol–water partition coefficient (Wildman–Crippen LogP) is 2.08. The molecule has 1 aromatic carbocycles. The summed E-state index contributed by atoms with van der Waals surface area (Å²) in [5.41, 5.74) is 0.945. The van der Waals surface area contributed by atoms with Gasteiger partial charge in [-0.2, -0.15) is 0 Å². The smallest absolute Gasteiger partial charge is 0.242 e. The SMILES string of the molecule is CCCN(CC)CCNc1ccc(S(=O)(=O)N(C)C)cc1. The molecule has 0 unspecified atom stereocenters. The number of likely N-dealkylation sites (N-methyl/N-ethyl adjacent to an activating group) is 1. The number of benzene rings is 1. The Morgan fingerprint density at radius 3 is 2.14 bits per heavy atom. The third-order valence-corrected chi connectivity index (χ3v) is 5.21. The van der Waals surface area contributed by atoms with Crippen LogP contribution < -0.4 is 5.32 Å². The van der Waals surface area contributed by atoms with Crippen LogP contribution in [0.25, 0.3) is 0 Å². The highest BCUT2D eigenvalue weighted by molar-refractivity contribution is 7.89. The van der Waals surface area contributed by atoms with Crippen LogP contribution in [0.15, 0.2) is 29.2 Å². The Hall–Kier alpha value is -1.11. The standard InChI is InChI=1S/C15H27N3O2S/c1-5-12-18(6-2)13-11-16-14-7-9-15(10-8-14)21(19,20)17(3)4/h7-10,16H,5-6,11-13H2,1-4H3. The molecular formula is C15H27N3O2S. The normalized spacial score (nSPS) is 12.1. The van der Waals surface area contributed by atoms with E-state index in [9.17, 15) is 8.42 Å². The number of nitrogens with zero attached hydrogens (tertiary/aromatic N) is 2. The molecule has 0 aliphatic rings. The summed E-state index contributed by atoms with van der Waals surface area (Å²) in [7, 11) is -0.269. The molecule has 1 N–H and O–H groups in total. The van der Waals surface area contributed by atoms with Gasteiger partial charge in [0.25, 0.3) is 0 Å². The van der Waals surface area contributed by atoms with E-state index in [0.29, 0.717) is 4.90 Å². The second kappa shape index (κ2) is 8.36. The molecule has 0 bridgehead atoms. The van der Waals surface area contributed by atoms with E-state index >= 15 is 0 Å². The van der Waals surface area contributed by atoms with E-state index in [1.165, 1.54) is 18.4 Å². The first-order valence-electron chi connectivity index (χ1n) is 7.40. The molecule has 0 spiro atoms. The Balaban J connectivity index is 2.56. The average Bonchev–Trinajstić information content (AvgIpc) is 2.46. The molecule has 0 atom stereocenters. The van der Waals surface area contributed by atoms with Crippen LogP contribution >= 0.6 is 0 Å². The van der Waals surface area contributed by atoms with Gasteiger partial charge in [0.1, 0.15) is 0 Å². The fraction of sp³-hybridized carbons (Fsp3) is 0.600. The zero-order chi connectivity index (χ0) is 15.9. The fourth-order valence-corrected chi connectivity index (χ4v) is 2.96. The van der Waals surface area contributed by atoms with Crippen molar-refractivity contribution in [2.24, 2.45) is 0 Å². The van der Waals surface area contributed by atoms with E-state index in [2.05, 4.69) is 24.1 Å². The van der Waals surface area contributed by atoms with Gasteiger partial charge in [0.2, 0.25) is 10.0 Å². The first-order valence-corrected chi connectivity index (χ1v) is 8.84. The maximum absolute atomic E-state index is 12.0. The van der Waals surface area contributed by atoms with Crippen molar-refractivity contribution >= 4 is 15.7 Å². The van der Waals surface area contributed by atoms with E-state index in [-0.39, 0.29) is 0 Å². The Bertz CT molecular complexity index is 512. The first kappa shape index (κ1) is 17.9. The molecule has 0 aliphatic carbocycles. The van der Waals surface area contributed by atoms with Crippen LogP contribution in [0.1, 0.15) is 20.3 Å². The molecule has 0 amide bonds. The molecule has 0 aliphatic heterocycles. The Morgan fingerprint density at radius 1 is 1.05 bits per heavy atom. The number of rotatable bonds is 9. The predicted molar refractivity (Wildman–Crippen MR) is 88.2 cm³/mol. The molecule has 5 nitrogen and oxygen atoms in total. The number of nitrogens with one attached hydrogen (secondary N) is 1. The summed E-state index contributed by atoms with van der Waals surface area (Å²) in [6, 6.07) is 6.90. The summed E-state index contributed by atoms with van der Waals surface area (Å²) < 4.78 is 25.1. The van der Waals surface area contributed by atoms with Crippen LogP contribution in [0, 0.1) is 0 Å². The van der Waals surface area contributed by atoms with Crippen molar-refractivity contribution in [1.82, 2.24) is 9.21 Å². The van der Waals surface area contributed by atoms with Crippen molar-refractivity contribution in [1.29, 1.82) is 0 Å². The fourth-order valence-electron chi connectivity index (χ4n) is 2.06. The van der Waals surface area contributed by atoms with Crippen LogP contribution in [-0.2, 0) is 10.0 Å². The molecule has 120 valence electrons. The molecule has 0 aromatic heterocycles. The average molecular weight is 313 g/mol. The summed E-state index contributed by atoms with van der Waals surface area (Å²) in [6.45, 7) is 8.35. The van der Waals surface area contributed by atoms with Crippen molar-refractivity contribution < 1.29 is 8.42 Å². The zero-order valence-electron chi connectivity index (χ0n) is 13.5. The maximum Gasteiger partial charge on any atom is 0.242 e. The lowest BCUT2D eigenvalue weighted by Gasteiger charge is -2.20. The van der Waals surface area contributed by atoms with Crippen molar-refractivity contribution in [3.8, 4) is 0 Å². The number of anilines is 1. The second-order valence-electron chi connectivity index (χ2n) is 5.17. The topological polar surface area (TPSA) is 52.7 Å². The molecule has 0 saturated heterocycles. The van der Waals surface area contributed by atoms with Gasteiger partial charge in [0, 0.05) is 32.9 Å². The Labute approximate surface area is 129 Å². The minimum absolute atomic E-state index is 0.319. The van der Waals surface area contributed by atoms with E-state index in [4.69, 9.17) is 0 Å². The second-order valence-corrected chi connectivity index (χ2v) is 7.32. The molecule has 1 rings (SSSR count).